The first-order chi connectivity index (χ1) is 9.79. The molecule has 0 radical (unpaired) electrons. The van der Waals surface area contributed by atoms with Crippen LogP contribution in [0.15, 0.2) is 11.2 Å². The van der Waals surface area contributed by atoms with Crippen molar-refractivity contribution in [1.29, 1.82) is 0 Å². The van der Waals surface area contributed by atoms with Gasteiger partial charge in [0.1, 0.15) is 11.4 Å². The molecule has 1 aliphatic carbocycles. The second kappa shape index (κ2) is 5.76. The molecule has 1 saturated carbocycles. The maximum atomic E-state index is 12.4. The molecule has 0 amide bonds. The predicted octanol–water partition coefficient (Wildman–Crippen LogP) is 1.28. The van der Waals surface area contributed by atoms with Crippen molar-refractivity contribution in [1.82, 2.24) is 14.7 Å². The summed E-state index contributed by atoms with van der Waals surface area (Å²) in [7, 11) is -3.92. The van der Waals surface area contributed by atoms with E-state index in [1.807, 2.05) is 13.8 Å². The highest BCUT2D eigenvalue weighted by Crippen LogP contribution is 2.33. The number of sulfonamides is 1. The minimum atomic E-state index is -3.92. The molecule has 21 heavy (non-hydrogen) atoms. The van der Waals surface area contributed by atoms with Crippen molar-refractivity contribution in [3.05, 3.63) is 12.0 Å². The van der Waals surface area contributed by atoms with Gasteiger partial charge in [-0.15, -0.1) is 0 Å². The van der Waals surface area contributed by atoms with Gasteiger partial charge < -0.3 is 10.1 Å². The average molecular weight is 315 g/mol. The van der Waals surface area contributed by atoms with Crippen LogP contribution in [0.25, 0.3) is 0 Å². The van der Waals surface area contributed by atoms with Crippen LogP contribution < -0.4 is 4.72 Å². The number of hydrogen-bond donors (Lipinski definition) is 3. The third-order valence-corrected chi connectivity index (χ3v) is 5.41. The zero-order valence-electron chi connectivity index (χ0n) is 12.2. The summed E-state index contributed by atoms with van der Waals surface area (Å²) in [5, 5.41) is 9.43. The molecule has 2 unspecified atom stereocenters. The molecule has 0 saturated heterocycles. The molecule has 118 valence electrons. The number of carboxylic acid groups (broad SMARTS) is 1. The van der Waals surface area contributed by atoms with E-state index in [9.17, 15) is 18.3 Å². The van der Waals surface area contributed by atoms with Crippen LogP contribution in [0.1, 0.15) is 45.4 Å². The van der Waals surface area contributed by atoms with Crippen molar-refractivity contribution >= 4 is 16.0 Å². The topological polar surface area (TPSA) is 112 Å². The molecule has 1 heterocycles. The van der Waals surface area contributed by atoms with Crippen molar-refractivity contribution in [2.45, 2.75) is 56.5 Å². The summed E-state index contributed by atoms with van der Waals surface area (Å²) >= 11 is 0. The van der Waals surface area contributed by atoms with Gasteiger partial charge in [0.05, 0.1) is 6.20 Å². The summed E-state index contributed by atoms with van der Waals surface area (Å²) in [5.74, 6) is -0.393. The van der Waals surface area contributed by atoms with Crippen LogP contribution in [0.3, 0.4) is 0 Å². The molecule has 0 aromatic carbocycles. The first-order valence-corrected chi connectivity index (χ1v) is 8.58. The Bertz CT molecular complexity index is 625. The molecule has 0 bridgehead atoms. The second-order valence-corrected chi connectivity index (χ2v) is 7.39. The van der Waals surface area contributed by atoms with E-state index in [1.165, 1.54) is 6.20 Å². The standard InChI is InChI=1S/C13H21N3O4S/c1-3-10-14-8-11(15-10)21(19,20)16-13(12(17)18)6-4-5-9(2)7-13/h8-9,16H,3-7H2,1-2H3,(H,14,15)(H,17,18). The van der Waals surface area contributed by atoms with E-state index in [0.29, 0.717) is 31.5 Å². The fraction of sp³-hybridized carbons (Fsp3) is 0.692. The van der Waals surface area contributed by atoms with Crippen molar-refractivity contribution in [2.75, 3.05) is 0 Å². The van der Waals surface area contributed by atoms with Crippen LogP contribution in [-0.4, -0.2) is 35.0 Å². The van der Waals surface area contributed by atoms with Gasteiger partial charge >= 0.3 is 5.97 Å². The molecular formula is C13H21N3O4S. The highest BCUT2D eigenvalue weighted by Gasteiger charge is 2.45. The number of carboxylic acids is 1. The Kier molecular flexibility index (Phi) is 4.38. The minimum Gasteiger partial charge on any atom is -0.480 e. The number of hydrogen-bond acceptors (Lipinski definition) is 4. The van der Waals surface area contributed by atoms with Crippen LogP contribution in [-0.2, 0) is 21.2 Å². The molecule has 2 atom stereocenters. The van der Waals surface area contributed by atoms with Gasteiger partial charge in [-0.1, -0.05) is 26.7 Å². The number of aryl methyl sites for hydroxylation is 1. The largest absolute Gasteiger partial charge is 0.480 e. The van der Waals surface area contributed by atoms with Gasteiger partial charge in [-0.05, 0) is 18.8 Å². The lowest BCUT2D eigenvalue weighted by Gasteiger charge is -2.36. The molecule has 3 N–H and O–H groups in total. The zero-order chi connectivity index (χ0) is 15.7. The number of nitrogens with zero attached hydrogens (tertiary/aromatic N) is 1. The molecule has 0 spiro atoms. The third-order valence-electron chi connectivity index (χ3n) is 3.97. The Morgan fingerprint density at radius 3 is 2.86 bits per heavy atom. The van der Waals surface area contributed by atoms with E-state index < -0.39 is 21.5 Å². The van der Waals surface area contributed by atoms with E-state index in [2.05, 4.69) is 14.7 Å². The van der Waals surface area contributed by atoms with Crippen LogP contribution in [0, 0.1) is 5.92 Å². The maximum Gasteiger partial charge on any atom is 0.324 e. The van der Waals surface area contributed by atoms with Gasteiger partial charge in [0, 0.05) is 6.42 Å². The Balaban J connectivity index is 2.29. The lowest BCUT2D eigenvalue weighted by atomic mass is 9.77. The second-order valence-electron chi connectivity index (χ2n) is 5.74. The molecule has 1 aliphatic rings. The number of carbonyl (C=O) groups is 1. The van der Waals surface area contributed by atoms with E-state index in [0.717, 1.165) is 6.42 Å². The Morgan fingerprint density at radius 2 is 2.33 bits per heavy atom. The van der Waals surface area contributed by atoms with Crippen LogP contribution in [0.2, 0.25) is 0 Å². The van der Waals surface area contributed by atoms with Gasteiger partial charge in [-0.3, -0.25) is 4.79 Å². The van der Waals surface area contributed by atoms with Crippen LogP contribution >= 0.6 is 0 Å². The summed E-state index contributed by atoms with van der Waals surface area (Å²) in [4.78, 5) is 18.3. The number of aromatic amines is 1. The summed E-state index contributed by atoms with van der Waals surface area (Å²) in [5.41, 5.74) is -1.42. The first-order valence-electron chi connectivity index (χ1n) is 7.10. The molecule has 2 rings (SSSR count). The SMILES string of the molecule is CCc1ncc(S(=O)(=O)NC2(C(=O)O)CCCC(C)C2)[nH]1. The molecular weight excluding hydrogens is 294 g/mol. The normalized spacial score (nSPS) is 26.7. The zero-order valence-corrected chi connectivity index (χ0v) is 13.0. The molecule has 1 aromatic heterocycles. The Labute approximate surface area is 124 Å². The van der Waals surface area contributed by atoms with Crippen molar-refractivity contribution < 1.29 is 18.3 Å². The van der Waals surface area contributed by atoms with Crippen molar-refractivity contribution in [3.8, 4) is 0 Å². The molecule has 8 heteroatoms. The average Bonchev–Trinajstić information content (AvgIpc) is 2.87. The maximum absolute atomic E-state index is 12.4. The van der Waals surface area contributed by atoms with Gasteiger partial charge in [0.2, 0.25) is 0 Å². The first kappa shape index (κ1) is 16.0. The highest BCUT2D eigenvalue weighted by atomic mass is 32.2. The monoisotopic (exact) mass is 315 g/mol. The number of aromatic nitrogens is 2. The van der Waals surface area contributed by atoms with Crippen LogP contribution in [0.5, 0.6) is 0 Å². The quantitative estimate of drug-likeness (QED) is 0.758. The highest BCUT2D eigenvalue weighted by molar-refractivity contribution is 7.89. The van der Waals surface area contributed by atoms with E-state index in [-0.39, 0.29) is 10.9 Å². The molecule has 0 aliphatic heterocycles. The van der Waals surface area contributed by atoms with E-state index in [1.54, 1.807) is 0 Å². The summed E-state index contributed by atoms with van der Waals surface area (Å²) in [6.45, 7) is 3.79. The third kappa shape index (κ3) is 3.26. The van der Waals surface area contributed by atoms with Gasteiger partial charge in [-0.2, -0.15) is 4.72 Å². The molecule has 1 aromatic rings. The number of rotatable bonds is 5. The summed E-state index contributed by atoms with van der Waals surface area (Å²) in [6, 6.07) is 0. The van der Waals surface area contributed by atoms with Crippen LogP contribution in [0.4, 0.5) is 0 Å². The Morgan fingerprint density at radius 1 is 1.62 bits per heavy atom. The van der Waals surface area contributed by atoms with Gasteiger partial charge in [0.25, 0.3) is 10.0 Å². The number of nitrogens with one attached hydrogen (secondary N) is 2. The lowest BCUT2D eigenvalue weighted by Crippen LogP contribution is -2.56. The number of H-pyrrole nitrogens is 1. The van der Waals surface area contributed by atoms with Crippen molar-refractivity contribution in [3.63, 3.8) is 0 Å². The van der Waals surface area contributed by atoms with Gasteiger partial charge in [-0.25, -0.2) is 13.4 Å². The number of imidazole rings is 1. The Hall–Kier alpha value is -1.41. The minimum absolute atomic E-state index is 0.0850. The van der Waals surface area contributed by atoms with E-state index in [4.69, 9.17) is 0 Å². The predicted molar refractivity (Wildman–Crippen MR) is 76.3 cm³/mol. The number of aliphatic carboxylic acids is 1. The van der Waals surface area contributed by atoms with E-state index >= 15 is 0 Å². The lowest BCUT2D eigenvalue weighted by molar-refractivity contribution is -0.146. The fourth-order valence-corrected chi connectivity index (χ4v) is 4.19. The fourth-order valence-electron chi connectivity index (χ4n) is 2.85. The molecule has 7 nitrogen and oxygen atoms in total. The van der Waals surface area contributed by atoms with Crippen molar-refractivity contribution in [2.24, 2.45) is 5.92 Å². The molecule has 1 fully saturated rings. The smallest absolute Gasteiger partial charge is 0.324 e. The summed E-state index contributed by atoms with van der Waals surface area (Å²) in [6.07, 6.45) is 4.02. The summed E-state index contributed by atoms with van der Waals surface area (Å²) < 4.78 is 27.2. The van der Waals surface area contributed by atoms with Gasteiger partial charge in [0.15, 0.2) is 5.03 Å².